The number of hydrogen-bond acceptors (Lipinski definition) is 5. The first-order chi connectivity index (χ1) is 11.5. The van der Waals surface area contributed by atoms with Crippen LogP contribution in [0.15, 0.2) is 24.3 Å². The van der Waals surface area contributed by atoms with Gasteiger partial charge in [-0.3, -0.25) is 9.59 Å². The van der Waals surface area contributed by atoms with Gasteiger partial charge in [0.05, 0.1) is 31.4 Å². The van der Waals surface area contributed by atoms with Gasteiger partial charge in [-0.15, -0.1) is 0 Å². The summed E-state index contributed by atoms with van der Waals surface area (Å²) < 4.78 is 11.1. The van der Waals surface area contributed by atoms with Gasteiger partial charge in [-0.1, -0.05) is 12.1 Å². The number of carbonyl (C=O) groups excluding carboxylic acids is 1. The fourth-order valence-electron chi connectivity index (χ4n) is 2.57. The van der Waals surface area contributed by atoms with Crippen molar-refractivity contribution < 1.29 is 24.2 Å². The number of benzene rings is 1. The van der Waals surface area contributed by atoms with Gasteiger partial charge in [0.1, 0.15) is 5.75 Å². The molecule has 7 heteroatoms. The van der Waals surface area contributed by atoms with Crippen LogP contribution in [0.1, 0.15) is 17.3 Å². The number of para-hydroxylation sites is 1. The number of carboxylic acid groups (broad SMARTS) is 1. The molecule has 0 spiro atoms. The molecular formula is C17H26N2O5. The van der Waals surface area contributed by atoms with Crippen molar-refractivity contribution in [2.24, 2.45) is 0 Å². The molecule has 1 aliphatic rings. The zero-order valence-electron chi connectivity index (χ0n) is 14.5. The molecule has 2 rings (SSSR count). The van der Waals surface area contributed by atoms with Crippen LogP contribution in [0.3, 0.4) is 0 Å². The fraction of sp³-hybridized carbons (Fsp3) is 0.529. The smallest absolute Gasteiger partial charge is 0.290 e. The Morgan fingerprint density at radius 1 is 1.46 bits per heavy atom. The summed E-state index contributed by atoms with van der Waals surface area (Å²) in [4.78, 5) is 25.2. The van der Waals surface area contributed by atoms with Crippen LogP contribution in [-0.4, -0.2) is 80.3 Å². The molecule has 1 N–H and O–H groups in total. The van der Waals surface area contributed by atoms with Gasteiger partial charge in [-0.25, -0.2) is 0 Å². The van der Waals surface area contributed by atoms with Crippen LogP contribution in [0.25, 0.3) is 0 Å². The topological polar surface area (TPSA) is 79.3 Å². The van der Waals surface area contributed by atoms with E-state index in [4.69, 9.17) is 19.4 Å². The van der Waals surface area contributed by atoms with E-state index in [1.165, 1.54) is 0 Å². The fourth-order valence-corrected chi connectivity index (χ4v) is 2.57. The Morgan fingerprint density at radius 3 is 2.75 bits per heavy atom. The second-order valence-electron chi connectivity index (χ2n) is 5.52. The predicted molar refractivity (Wildman–Crippen MR) is 90.5 cm³/mol. The van der Waals surface area contributed by atoms with Crippen molar-refractivity contribution >= 4 is 12.4 Å². The van der Waals surface area contributed by atoms with Crippen molar-refractivity contribution in [1.82, 2.24) is 9.80 Å². The highest BCUT2D eigenvalue weighted by Crippen LogP contribution is 2.22. The molecule has 1 atom stereocenters. The zero-order chi connectivity index (χ0) is 17.9. The van der Waals surface area contributed by atoms with Crippen molar-refractivity contribution in [3.05, 3.63) is 29.8 Å². The Morgan fingerprint density at radius 2 is 2.12 bits per heavy atom. The van der Waals surface area contributed by atoms with Crippen molar-refractivity contribution in [2.45, 2.75) is 13.0 Å². The molecule has 1 aromatic carbocycles. The number of ether oxygens (including phenoxy) is 2. The van der Waals surface area contributed by atoms with Crippen molar-refractivity contribution in [3.63, 3.8) is 0 Å². The molecule has 1 heterocycles. The third-order valence-electron chi connectivity index (χ3n) is 3.48. The minimum Gasteiger partial charge on any atom is -0.493 e. The average Bonchev–Trinajstić information content (AvgIpc) is 2.56. The number of nitrogens with zero attached hydrogens (tertiary/aromatic N) is 2. The molecule has 24 heavy (non-hydrogen) atoms. The molecule has 0 saturated carbocycles. The third kappa shape index (κ3) is 5.82. The number of likely N-dealkylation sites (N-methyl/N-ethyl adjacent to an activating group) is 1. The highest BCUT2D eigenvalue weighted by atomic mass is 16.5. The van der Waals surface area contributed by atoms with Gasteiger partial charge in [-0.05, 0) is 33.2 Å². The van der Waals surface area contributed by atoms with Crippen LogP contribution in [0.5, 0.6) is 5.75 Å². The quantitative estimate of drug-likeness (QED) is 0.813. The van der Waals surface area contributed by atoms with Crippen molar-refractivity contribution in [1.29, 1.82) is 0 Å². The minimum absolute atomic E-state index is 0.0224. The molecule has 7 nitrogen and oxygen atoms in total. The van der Waals surface area contributed by atoms with E-state index in [1.54, 1.807) is 0 Å². The summed E-state index contributed by atoms with van der Waals surface area (Å²) in [5.74, 6) is 0.675. The van der Waals surface area contributed by atoms with Crippen LogP contribution in [0, 0.1) is 0 Å². The zero-order valence-corrected chi connectivity index (χ0v) is 14.5. The van der Waals surface area contributed by atoms with Crippen LogP contribution >= 0.6 is 0 Å². The van der Waals surface area contributed by atoms with E-state index < -0.39 is 0 Å². The molecule has 0 aliphatic carbocycles. The first-order valence-electron chi connectivity index (χ1n) is 7.88. The second kappa shape index (κ2) is 10.6. The molecule has 1 aromatic rings. The molecular weight excluding hydrogens is 312 g/mol. The number of amides is 1. The van der Waals surface area contributed by atoms with E-state index in [9.17, 15) is 4.79 Å². The van der Waals surface area contributed by atoms with Crippen LogP contribution in [0.2, 0.25) is 0 Å². The summed E-state index contributed by atoms with van der Waals surface area (Å²) in [6.07, 6.45) is 0. The van der Waals surface area contributed by atoms with Gasteiger partial charge in [-0.2, -0.15) is 0 Å². The highest BCUT2D eigenvalue weighted by molar-refractivity contribution is 5.97. The lowest BCUT2D eigenvalue weighted by Gasteiger charge is -2.37. The highest BCUT2D eigenvalue weighted by Gasteiger charge is 2.29. The SMILES string of the molecule is CCOc1ccccc1C(=O)N1CCOCC1CN(C)C.O=CO. The maximum Gasteiger partial charge on any atom is 0.290 e. The average molecular weight is 338 g/mol. The van der Waals surface area contributed by atoms with Crippen LogP contribution in [-0.2, 0) is 9.53 Å². The molecule has 1 unspecified atom stereocenters. The van der Waals surface area contributed by atoms with Crippen molar-refractivity contribution in [3.8, 4) is 5.75 Å². The maximum absolute atomic E-state index is 12.9. The third-order valence-corrected chi connectivity index (χ3v) is 3.48. The lowest BCUT2D eigenvalue weighted by Crippen LogP contribution is -2.52. The summed E-state index contributed by atoms with van der Waals surface area (Å²) in [5, 5.41) is 6.89. The molecule has 134 valence electrons. The maximum atomic E-state index is 12.9. The molecule has 1 fully saturated rings. The monoisotopic (exact) mass is 338 g/mol. The van der Waals surface area contributed by atoms with Crippen LogP contribution < -0.4 is 4.74 Å². The van der Waals surface area contributed by atoms with Crippen LogP contribution in [0.4, 0.5) is 0 Å². The Balaban J connectivity index is 0.000000891. The molecule has 1 amide bonds. The van der Waals surface area contributed by atoms with Gasteiger partial charge >= 0.3 is 0 Å². The first-order valence-corrected chi connectivity index (χ1v) is 7.88. The predicted octanol–water partition coefficient (Wildman–Crippen LogP) is 1.19. The normalized spacial score (nSPS) is 17.0. The van der Waals surface area contributed by atoms with E-state index >= 15 is 0 Å². The summed E-state index contributed by atoms with van der Waals surface area (Å²) in [5.41, 5.74) is 0.630. The Bertz CT molecular complexity index is 521. The summed E-state index contributed by atoms with van der Waals surface area (Å²) in [7, 11) is 4.01. The Kier molecular flexibility index (Phi) is 8.81. The summed E-state index contributed by atoms with van der Waals surface area (Å²) in [6.45, 7) is 4.81. The van der Waals surface area contributed by atoms with Gasteiger partial charge in [0.15, 0.2) is 0 Å². The van der Waals surface area contributed by atoms with Crippen molar-refractivity contribution in [2.75, 3.05) is 47.0 Å². The van der Waals surface area contributed by atoms with E-state index in [0.29, 0.717) is 37.7 Å². The lowest BCUT2D eigenvalue weighted by atomic mass is 10.1. The van der Waals surface area contributed by atoms with E-state index in [2.05, 4.69) is 4.90 Å². The summed E-state index contributed by atoms with van der Waals surface area (Å²) in [6, 6.07) is 7.51. The van der Waals surface area contributed by atoms with Gasteiger partial charge < -0.3 is 24.4 Å². The Labute approximate surface area is 142 Å². The number of hydrogen-bond donors (Lipinski definition) is 1. The lowest BCUT2D eigenvalue weighted by molar-refractivity contribution is -0.122. The van der Waals surface area contributed by atoms with Gasteiger partial charge in [0.2, 0.25) is 0 Å². The molecule has 0 bridgehead atoms. The number of morpholine rings is 1. The molecule has 0 aromatic heterocycles. The standard InChI is InChI=1S/C16H24N2O3.CH2O2/c1-4-21-15-8-6-5-7-14(15)16(19)18-9-10-20-12-13(18)11-17(2)3;2-1-3/h5-8,13H,4,9-12H2,1-3H3;1H,(H,2,3). The molecule has 0 radical (unpaired) electrons. The van der Waals surface area contributed by atoms with Gasteiger partial charge in [0, 0.05) is 13.1 Å². The number of rotatable bonds is 5. The minimum atomic E-state index is -0.250. The first kappa shape index (κ1) is 19.9. The summed E-state index contributed by atoms with van der Waals surface area (Å²) >= 11 is 0. The van der Waals surface area contributed by atoms with E-state index in [-0.39, 0.29) is 18.4 Å². The van der Waals surface area contributed by atoms with Gasteiger partial charge in [0.25, 0.3) is 12.4 Å². The van der Waals surface area contributed by atoms with E-state index in [0.717, 1.165) is 6.54 Å². The second-order valence-corrected chi connectivity index (χ2v) is 5.52. The molecule has 1 aliphatic heterocycles. The molecule has 1 saturated heterocycles. The van der Waals surface area contributed by atoms with E-state index in [1.807, 2.05) is 50.2 Å². The number of carbonyl (C=O) groups is 2. The largest absolute Gasteiger partial charge is 0.493 e. The Hall–Kier alpha value is -2.12.